The maximum atomic E-state index is 14.5. The molecule has 0 heterocycles. The molecule has 0 bridgehead atoms. The lowest BCUT2D eigenvalue weighted by Gasteiger charge is -2.27. The van der Waals surface area contributed by atoms with Gasteiger partial charge in [0.2, 0.25) is 5.91 Å². The van der Waals surface area contributed by atoms with Gasteiger partial charge >= 0.3 is 0 Å². The van der Waals surface area contributed by atoms with Crippen molar-refractivity contribution in [3.63, 3.8) is 0 Å². The van der Waals surface area contributed by atoms with Crippen LogP contribution < -0.4 is 10.6 Å². The second-order valence-electron chi connectivity index (χ2n) is 7.58. The van der Waals surface area contributed by atoms with Gasteiger partial charge in [-0.25, -0.2) is 9.24 Å². The Kier molecular flexibility index (Phi) is 7.35. The van der Waals surface area contributed by atoms with Crippen LogP contribution in [0.5, 0.6) is 0 Å². The molecule has 0 saturated carbocycles. The fourth-order valence-electron chi connectivity index (χ4n) is 3.01. The number of nitrogens with zero attached hydrogens (tertiary/aromatic N) is 2. The van der Waals surface area contributed by atoms with Crippen molar-refractivity contribution in [2.24, 2.45) is 0 Å². The fraction of sp³-hybridized carbons (Fsp3) is 0.391. The van der Waals surface area contributed by atoms with Crippen molar-refractivity contribution in [2.75, 3.05) is 23.7 Å². The van der Waals surface area contributed by atoms with Crippen molar-refractivity contribution < 1.29 is 9.18 Å². The zero-order valence-electron chi connectivity index (χ0n) is 17.8. The molecular formula is C23H29FN4O. The maximum absolute atomic E-state index is 14.5. The van der Waals surface area contributed by atoms with Crippen LogP contribution in [-0.2, 0) is 11.3 Å². The van der Waals surface area contributed by atoms with Gasteiger partial charge in [-0.15, -0.1) is 0 Å². The Morgan fingerprint density at radius 3 is 2.34 bits per heavy atom. The average Bonchev–Trinajstić information content (AvgIpc) is 2.67. The molecule has 2 N–H and O–H groups in total. The van der Waals surface area contributed by atoms with Crippen molar-refractivity contribution in [2.45, 2.75) is 46.7 Å². The van der Waals surface area contributed by atoms with Crippen LogP contribution in [-0.4, -0.2) is 29.4 Å². The molecule has 0 unspecified atom stereocenters. The number of hydrogen-bond donors (Lipinski definition) is 2. The van der Waals surface area contributed by atoms with Crippen LogP contribution in [0.2, 0.25) is 0 Å². The quantitative estimate of drug-likeness (QED) is 0.591. The summed E-state index contributed by atoms with van der Waals surface area (Å²) in [6.07, 6.45) is 0. The van der Waals surface area contributed by atoms with E-state index in [1.807, 2.05) is 6.92 Å². The van der Waals surface area contributed by atoms with E-state index < -0.39 is 5.54 Å². The molecule has 0 radical (unpaired) electrons. The Labute approximate surface area is 172 Å². The van der Waals surface area contributed by atoms with E-state index >= 15 is 0 Å². The number of anilines is 2. The highest BCUT2D eigenvalue weighted by Crippen LogP contribution is 2.24. The van der Waals surface area contributed by atoms with Crippen LogP contribution in [0.15, 0.2) is 36.4 Å². The van der Waals surface area contributed by atoms with E-state index in [0.29, 0.717) is 29.2 Å². The van der Waals surface area contributed by atoms with Crippen LogP contribution >= 0.6 is 0 Å². The molecule has 0 aromatic heterocycles. The summed E-state index contributed by atoms with van der Waals surface area (Å²) in [6, 6.07) is 10.1. The number of carbonyl (C=O) groups is 1. The number of aryl methyl sites for hydroxylation is 1. The summed E-state index contributed by atoms with van der Waals surface area (Å²) in [5.74, 6) is -0.538. The molecule has 2 aromatic rings. The lowest BCUT2D eigenvalue weighted by Crippen LogP contribution is -2.44. The smallest absolute Gasteiger partial charge is 0.249 e. The molecule has 0 spiro atoms. The van der Waals surface area contributed by atoms with Gasteiger partial charge in [0.15, 0.2) is 5.69 Å². The van der Waals surface area contributed by atoms with Crippen molar-refractivity contribution in [3.05, 3.63) is 64.8 Å². The standard InChI is InChI=1S/C23H29FN4O/c1-7-28(8-2)15-17-9-10-19(14-20(17)24)27-23(4,5)22(29)26-18-11-12-21(25-6)16(3)13-18/h9-14,27H,7-8,15H2,1-5H3,(H,26,29). The Hall–Kier alpha value is -2.91. The van der Waals surface area contributed by atoms with E-state index in [0.717, 1.165) is 18.7 Å². The molecule has 2 aromatic carbocycles. The van der Waals surface area contributed by atoms with Gasteiger partial charge in [0, 0.05) is 23.5 Å². The number of nitrogens with one attached hydrogen (secondary N) is 2. The third-order valence-electron chi connectivity index (χ3n) is 4.94. The highest BCUT2D eigenvalue weighted by atomic mass is 19.1. The van der Waals surface area contributed by atoms with Crippen molar-refractivity contribution in [1.82, 2.24) is 4.90 Å². The minimum Gasteiger partial charge on any atom is -0.372 e. The van der Waals surface area contributed by atoms with Gasteiger partial charge in [-0.3, -0.25) is 9.69 Å². The predicted molar refractivity (Wildman–Crippen MR) is 117 cm³/mol. The van der Waals surface area contributed by atoms with Crippen molar-refractivity contribution >= 4 is 23.0 Å². The van der Waals surface area contributed by atoms with Gasteiger partial charge in [-0.05, 0) is 63.7 Å². The summed E-state index contributed by atoms with van der Waals surface area (Å²) in [6.45, 7) is 18.8. The fourth-order valence-corrected chi connectivity index (χ4v) is 3.01. The van der Waals surface area contributed by atoms with Gasteiger partial charge in [-0.2, -0.15) is 0 Å². The summed E-state index contributed by atoms with van der Waals surface area (Å²) in [7, 11) is 0. The first-order valence-electron chi connectivity index (χ1n) is 9.78. The third-order valence-corrected chi connectivity index (χ3v) is 4.94. The molecule has 6 heteroatoms. The van der Waals surface area contributed by atoms with Crippen LogP contribution in [0.1, 0.15) is 38.8 Å². The van der Waals surface area contributed by atoms with Crippen molar-refractivity contribution in [1.29, 1.82) is 0 Å². The molecule has 0 saturated heterocycles. The van der Waals surface area contributed by atoms with Crippen molar-refractivity contribution in [3.8, 4) is 0 Å². The molecular weight excluding hydrogens is 367 g/mol. The maximum Gasteiger partial charge on any atom is 0.249 e. The Morgan fingerprint density at radius 1 is 1.14 bits per heavy atom. The largest absolute Gasteiger partial charge is 0.372 e. The minimum absolute atomic E-state index is 0.250. The summed E-state index contributed by atoms with van der Waals surface area (Å²) in [4.78, 5) is 18.3. The number of benzene rings is 2. The predicted octanol–water partition coefficient (Wildman–Crippen LogP) is 5.36. The zero-order chi connectivity index (χ0) is 21.6. The number of amides is 1. The first-order valence-corrected chi connectivity index (χ1v) is 9.78. The minimum atomic E-state index is -0.959. The van der Waals surface area contributed by atoms with Gasteiger partial charge in [0.25, 0.3) is 0 Å². The molecule has 0 aliphatic carbocycles. The van der Waals surface area contributed by atoms with E-state index in [1.54, 1.807) is 44.2 Å². The molecule has 154 valence electrons. The highest BCUT2D eigenvalue weighted by Gasteiger charge is 2.28. The van der Waals surface area contributed by atoms with Crippen LogP contribution in [0.25, 0.3) is 4.85 Å². The number of carbonyl (C=O) groups excluding carboxylic acids is 1. The lowest BCUT2D eigenvalue weighted by molar-refractivity contribution is -0.119. The topological polar surface area (TPSA) is 48.7 Å². The summed E-state index contributed by atoms with van der Waals surface area (Å²) >= 11 is 0. The van der Waals surface area contributed by atoms with Crippen LogP contribution in [0, 0.1) is 19.3 Å². The number of rotatable bonds is 8. The van der Waals surface area contributed by atoms with Gasteiger partial charge in [0.05, 0.1) is 6.57 Å². The summed E-state index contributed by atoms with van der Waals surface area (Å²) in [5.41, 5.74) is 2.20. The zero-order valence-corrected chi connectivity index (χ0v) is 17.8. The molecule has 0 aliphatic rings. The van der Waals surface area contributed by atoms with E-state index in [-0.39, 0.29) is 11.7 Å². The first kappa shape index (κ1) is 22.4. The van der Waals surface area contributed by atoms with Gasteiger partial charge in [0.1, 0.15) is 11.4 Å². The lowest BCUT2D eigenvalue weighted by atomic mass is 10.0. The average molecular weight is 397 g/mol. The SMILES string of the molecule is [C-]#[N+]c1ccc(NC(=O)C(C)(C)Nc2ccc(CN(CC)CC)c(F)c2)cc1C. The number of halogens is 1. The summed E-state index contributed by atoms with van der Waals surface area (Å²) in [5, 5.41) is 5.97. The van der Waals surface area contributed by atoms with Crippen LogP contribution in [0.3, 0.4) is 0 Å². The van der Waals surface area contributed by atoms with Gasteiger partial charge in [-0.1, -0.05) is 26.0 Å². The number of hydrogen-bond acceptors (Lipinski definition) is 3. The third kappa shape index (κ3) is 5.78. The molecule has 0 aliphatic heterocycles. The summed E-state index contributed by atoms with van der Waals surface area (Å²) < 4.78 is 14.5. The van der Waals surface area contributed by atoms with E-state index in [2.05, 4.69) is 34.2 Å². The Morgan fingerprint density at radius 2 is 1.79 bits per heavy atom. The Balaban J connectivity index is 2.09. The normalized spacial score (nSPS) is 11.2. The molecule has 0 fully saturated rings. The second-order valence-corrected chi connectivity index (χ2v) is 7.58. The second kappa shape index (κ2) is 9.53. The molecule has 2 rings (SSSR count). The molecule has 1 amide bonds. The molecule has 5 nitrogen and oxygen atoms in total. The molecule has 29 heavy (non-hydrogen) atoms. The van der Waals surface area contributed by atoms with E-state index in [4.69, 9.17) is 6.57 Å². The van der Waals surface area contributed by atoms with Gasteiger partial charge < -0.3 is 10.6 Å². The Bertz CT molecular complexity index is 914. The monoisotopic (exact) mass is 396 g/mol. The van der Waals surface area contributed by atoms with E-state index in [1.165, 1.54) is 6.07 Å². The first-order chi connectivity index (χ1) is 13.7. The van der Waals surface area contributed by atoms with Crippen LogP contribution in [0.4, 0.5) is 21.5 Å². The highest BCUT2D eigenvalue weighted by molar-refractivity contribution is 5.99. The molecule has 0 atom stereocenters. The van der Waals surface area contributed by atoms with E-state index in [9.17, 15) is 9.18 Å².